The molecule has 3 rings (SSSR count). The number of hydrogen-bond donors (Lipinski definition) is 1. The van der Waals surface area contributed by atoms with Gasteiger partial charge in [0.15, 0.2) is 0 Å². The van der Waals surface area contributed by atoms with Crippen LogP contribution in [-0.4, -0.2) is 48.7 Å². The molecule has 1 saturated carbocycles. The van der Waals surface area contributed by atoms with Gasteiger partial charge in [-0.05, 0) is 44.4 Å². The van der Waals surface area contributed by atoms with Crippen molar-refractivity contribution in [1.29, 1.82) is 0 Å². The van der Waals surface area contributed by atoms with Crippen LogP contribution in [0, 0.1) is 5.92 Å². The van der Waals surface area contributed by atoms with Crippen LogP contribution in [0.15, 0.2) is 0 Å². The van der Waals surface area contributed by atoms with E-state index in [1.165, 1.54) is 19.3 Å². The summed E-state index contributed by atoms with van der Waals surface area (Å²) in [6.45, 7) is 1.80. The smallest absolute Gasteiger partial charge is 0.282 e. The Bertz CT molecular complexity index is 440. The van der Waals surface area contributed by atoms with Crippen LogP contribution in [0.4, 0.5) is 0 Å². The molecular weight excluding hydrogens is 274 g/mol. The first-order valence-electron chi connectivity index (χ1n) is 8.13. The molecule has 3 unspecified atom stereocenters. The number of nitrogens with zero attached hydrogens (tertiary/aromatic N) is 2. The Kier molecular flexibility index (Phi) is 4.36. The molecule has 3 aliphatic rings. The molecule has 3 atom stereocenters. The van der Waals surface area contributed by atoms with Crippen molar-refractivity contribution >= 4 is 10.2 Å². The van der Waals surface area contributed by atoms with E-state index in [0.717, 1.165) is 32.1 Å². The van der Waals surface area contributed by atoms with Crippen LogP contribution in [-0.2, 0) is 10.2 Å². The van der Waals surface area contributed by atoms with E-state index >= 15 is 0 Å². The maximum atomic E-state index is 13.0. The van der Waals surface area contributed by atoms with Crippen molar-refractivity contribution in [3.8, 4) is 0 Å². The third kappa shape index (κ3) is 2.51. The van der Waals surface area contributed by atoms with Crippen molar-refractivity contribution in [2.45, 2.75) is 63.5 Å². The maximum Gasteiger partial charge on any atom is 0.282 e. The lowest BCUT2D eigenvalue weighted by Crippen LogP contribution is -2.57. The second-order valence-electron chi connectivity index (χ2n) is 6.52. The van der Waals surface area contributed by atoms with E-state index < -0.39 is 10.2 Å². The van der Waals surface area contributed by atoms with Crippen LogP contribution in [0.25, 0.3) is 0 Å². The molecule has 1 aliphatic carbocycles. The highest BCUT2D eigenvalue weighted by molar-refractivity contribution is 7.86. The van der Waals surface area contributed by atoms with Gasteiger partial charge in [-0.3, -0.25) is 0 Å². The summed E-state index contributed by atoms with van der Waals surface area (Å²) >= 11 is 0. The van der Waals surface area contributed by atoms with Crippen LogP contribution in [0.3, 0.4) is 0 Å². The van der Waals surface area contributed by atoms with Gasteiger partial charge in [-0.15, -0.1) is 0 Å². The molecule has 0 radical (unpaired) electrons. The predicted octanol–water partition coefficient (Wildman–Crippen LogP) is 1.31. The highest BCUT2D eigenvalue weighted by atomic mass is 32.2. The largest absolute Gasteiger partial charge is 0.329 e. The molecule has 0 aromatic carbocycles. The third-order valence-corrected chi connectivity index (χ3v) is 7.50. The predicted molar refractivity (Wildman–Crippen MR) is 79.4 cm³/mol. The van der Waals surface area contributed by atoms with Crippen LogP contribution >= 0.6 is 0 Å². The molecule has 2 N–H and O–H groups in total. The van der Waals surface area contributed by atoms with E-state index in [2.05, 4.69) is 0 Å². The van der Waals surface area contributed by atoms with Gasteiger partial charge in [0, 0.05) is 31.7 Å². The van der Waals surface area contributed by atoms with E-state index in [9.17, 15) is 8.42 Å². The van der Waals surface area contributed by atoms with Gasteiger partial charge in [0.1, 0.15) is 0 Å². The molecule has 6 heteroatoms. The zero-order valence-corrected chi connectivity index (χ0v) is 13.0. The SMILES string of the molecule is NCC1CCCCN1S(=O)(=O)N1CCCC2CCCC21. The van der Waals surface area contributed by atoms with E-state index in [1.54, 1.807) is 4.31 Å². The highest BCUT2D eigenvalue weighted by Gasteiger charge is 2.44. The van der Waals surface area contributed by atoms with Gasteiger partial charge in [-0.2, -0.15) is 17.0 Å². The minimum atomic E-state index is -3.31. The molecule has 0 amide bonds. The molecule has 116 valence electrons. The molecule has 2 aliphatic heterocycles. The Morgan fingerprint density at radius 1 is 0.900 bits per heavy atom. The molecule has 20 heavy (non-hydrogen) atoms. The number of nitrogens with two attached hydrogens (primary N) is 1. The van der Waals surface area contributed by atoms with Gasteiger partial charge < -0.3 is 5.73 Å². The lowest BCUT2D eigenvalue weighted by atomic mass is 9.94. The first-order chi connectivity index (χ1) is 9.64. The third-order valence-electron chi connectivity index (χ3n) is 5.38. The second kappa shape index (κ2) is 5.91. The van der Waals surface area contributed by atoms with Crippen LogP contribution < -0.4 is 5.73 Å². The fourth-order valence-electron chi connectivity index (χ4n) is 4.34. The Hall–Kier alpha value is -0.170. The highest BCUT2D eigenvalue weighted by Crippen LogP contribution is 2.39. The number of rotatable bonds is 3. The van der Waals surface area contributed by atoms with E-state index in [0.29, 0.717) is 25.6 Å². The summed E-state index contributed by atoms with van der Waals surface area (Å²) < 4.78 is 29.6. The average molecular weight is 301 g/mol. The Morgan fingerprint density at radius 3 is 2.45 bits per heavy atom. The van der Waals surface area contributed by atoms with Crippen molar-refractivity contribution in [2.24, 2.45) is 11.7 Å². The van der Waals surface area contributed by atoms with Gasteiger partial charge >= 0.3 is 0 Å². The van der Waals surface area contributed by atoms with Gasteiger partial charge in [0.2, 0.25) is 0 Å². The maximum absolute atomic E-state index is 13.0. The second-order valence-corrected chi connectivity index (χ2v) is 8.35. The molecule has 0 aromatic rings. The van der Waals surface area contributed by atoms with Gasteiger partial charge in [-0.25, -0.2) is 0 Å². The Balaban J connectivity index is 1.82. The summed E-state index contributed by atoms with van der Waals surface area (Å²) in [5.41, 5.74) is 5.80. The molecule has 0 spiro atoms. The van der Waals surface area contributed by atoms with Gasteiger partial charge in [-0.1, -0.05) is 12.8 Å². The molecule has 0 bridgehead atoms. The quantitative estimate of drug-likeness (QED) is 0.854. The first-order valence-corrected chi connectivity index (χ1v) is 9.53. The fourth-order valence-corrected chi connectivity index (χ4v) is 6.52. The van der Waals surface area contributed by atoms with Crippen molar-refractivity contribution in [3.05, 3.63) is 0 Å². The minimum Gasteiger partial charge on any atom is -0.329 e. The van der Waals surface area contributed by atoms with Crippen molar-refractivity contribution < 1.29 is 8.42 Å². The monoisotopic (exact) mass is 301 g/mol. The Labute approximate surface area is 122 Å². The standard InChI is InChI=1S/C14H27N3O2S/c15-11-13-7-1-2-9-16(13)20(18,19)17-10-4-6-12-5-3-8-14(12)17/h12-14H,1-11,15H2. The first kappa shape index (κ1) is 14.8. The van der Waals surface area contributed by atoms with Gasteiger partial charge in [0.25, 0.3) is 10.2 Å². The normalized spacial score (nSPS) is 37.0. The summed E-state index contributed by atoms with van der Waals surface area (Å²) in [6, 6.07) is 0.268. The molecule has 2 saturated heterocycles. The topological polar surface area (TPSA) is 66.6 Å². The average Bonchev–Trinajstić information content (AvgIpc) is 2.95. The summed E-state index contributed by atoms with van der Waals surface area (Å²) in [6.07, 6.45) is 8.64. The number of hydrogen-bond acceptors (Lipinski definition) is 3. The Morgan fingerprint density at radius 2 is 1.65 bits per heavy atom. The zero-order valence-electron chi connectivity index (χ0n) is 12.2. The molecule has 2 heterocycles. The lowest BCUT2D eigenvalue weighted by molar-refractivity contribution is 0.171. The van der Waals surface area contributed by atoms with Crippen LogP contribution in [0.5, 0.6) is 0 Å². The summed E-state index contributed by atoms with van der Waals surface area (Å²) in [5, 5.41) is 0. The van der Waals surface area contributed by atoms with Crippen LogP contribution in [0.2, 0.25) is 0 Å². The van der Waals surface area contributed by atoms with E-state index in [-0.39, 0.29) is 12.1 Å². The molecule has 5 nitrogen and oxygen atoms in total. The summed E-state index contributed by atoms with van der Waals surface area (Å²) in [4.78, 5) is 0. The van der Waals surface area contributed by atoms with Crippen molar-refractivity contribution in [1.82, 2.24) is 8.61 Å². The minimum absolute atomic E-state index is 0.00975. The van der Waals surface area contributed by atoms with E-state index in [1.807, 2.05) is 4.31 Å². The van der Waals surface area contributed by atoms with Crippen molar-refractivity contribution in [2.75, 3.05) is 19.6 Å². The van der Waals surface area contributed by atoms with E-state index in [4.69, 9.17) is 5.73 Å². The lowest BCUT2D eigenvalue weighted by Gasteiger charge is -2.42. The summed E-state index contributed by atoms with van der Waals surface area (Å²) in [5.74, 6) is 0.597. The van der Waals surface area contributed by atoms with Crippen LogP contribution in [0.1, 0.15) is 51.4 Å². The molecule has 3 fully saturated rings. The summed E-state index contributed by atoms with van der Waals surface area (Å²) in [7, 11) is -3.31. The fraction of sp³-hybridized carbons (Fsp3) is 1.00. The number of piperidine rings is 2. The molecular formula is C14H27N3O2S. The molecule has 0 aromatic heterocycles. The van der Waals surface area contributed by atoms with Gasteiger partial charge in [0.05, 0.1) is 0 Å². The van der Waals surface area contributed by atoms with Crippen molar-refractivity contribution in [3.63, 3.8) is 0 Å². The number of fused-ring (bicyclic) bond motifs is 1. The zero-order chi connectivity index (χ0) is 14.2.